The summed E-state index contributed by atoms with van der Waals surface area (Å²) in [5, 5.41) is 7.82. The number of carbonyl (C=O) groups excluding carboxylic acids is 1. The summed E-state index contributed by atoms with van der Waals surface area (Å²) in [6.45, 7) is 0. The highest BCUT2D eigenvalue weighted by molar-refractivity contribution is 7.98. The molecule has 2 N–H and O–H groups in total. The Bertz CT molecular complexity index is 868. The Morgan fingerprint density at radius 2 is 2.22 bits per heavy atom. The van der Waals surface area contributed by atoms with Crippen LogP contribution in [0.5, 0.6) is 0 Å². The van der Waals surface area contributed by atoms with Crippen LogP contribution in [0.2, 0.25) is 0 Å². The molecule has 3 heterocycles. The quantitative estimate of drug-likeness (QED) is 0.646. The number of hydrogen-bond acceptors (Lipinski definition) is 6. The van der Waals surface area contributed by atoms with E-state index in [-0.39, 0.29) is 17.3 Å². The summed E-state index contributed by atoms with van der Waals surface area (Å²) < 4.78 is 0. The molecule has 0 fully saturated rings. The number of nitrogens with one attached hydrogen (secondary N) is 2. The van der Waals surface area contributed by atoms with Gasteiger partial charge in [-0.05, 0) is 41.5 Å². The van der Waals surface area contributed by atoms with E-state index in [0.29, 0.717) is 23.0 Å². The van der Waals surface area contributed by atoms with E-state index in [1.807, 2.05) is 23.1 Å². The van der Waals surface area contributed by atoms with Crippen LogP contribution in [0, 0.1) is 0 Å². The van der Waals surface area contributed by atoms with Crippen LogP contribution < -0.4 is 10.9 Å². The third-order valence-corrected chi connectivity index (χ3v) is 5.59. The van der Waals surface area contributed by atoms with Crippen LogP contribution >= 0.6 is 23.1 Å². The van der Waals surface area contributed by atoms with Crippen molar-refractivity contribution in [1.29, 1.82) is 0 Å². The zero-order chi connectivity index (χ0) is 16.0. The Morgan fingerprint density at radius 1 is 1.35 bits per heavy atom. The maximum absolute atomic E-state index is 12.7. The summed E-state index contributed by atoms with van der Waals surface area (Å²) in [6.07, 6.45) is 4.09. The minimum Gasteiger partial charge on any atom is -0.343 e. The van der Waals surface area contributed by atoms with Gasteiger partial charge in [-0.3, -0.25) is 9.59 Å². The van der Waals surface area contributed by atoms with Gasteiger partial charge in [-0.1, -0.05) is 11.8 Å². The molecule has 23 heavy (non-hydrogen) atoms. The van der Waals surface area contributed by atoms with E-state index in [4.69, 9.17) is 0 Å². The van der Waals surface area contributed by atoms with Crippen molar-refractivity contribution in [3.05, 3.63) is 49.6 Å². The second-order valence-electron chi connectivity index (χ2n) is 5.62. The zero-order valence-electron chi connectivity index (χ0n) is 12.5. The lowest BCUT2D eigenvalue weighted by molar-refractivity contribution is -0.116. The van der Waals surface area contributed by atoms with Gasteiger partial charge in [-0.2, -0.15) is 11.3 Å². The highest BCUT2D eigenvalue weighted by atomic mass is 32.2. The van der Waals surface area contributed by atoms with Crippen LogP contribution in [-0.4, -0.2) is 22.0 Å². The number of anilines is 1. The minimum atomic E-state index is -0.313. The normalized spacial score (nSPS) is 20.0. The van der Waals surface area contributed by atoms with E-state index in [0.717, 1.165) is 29.7 Å². The van der Waals surface area contributed by atoms with Gasteiger partial charge in [0.25, 0.3) is 5.56 Å². The average Bonchev–Trinajstić information content (AvgIpc) is 3.07. The first kappa shape index (κ1) is 14.7. The largest absolute Gasteiger partial charge is 0.343 e. The second-order valence-corrected chi connectivity index (χ2v) is 7.20. The van der Waals surface area contributed by atoms with Crippen molar-refractivity contribution in [3.63, 3.8) is 0 Å². The van der Waals surface area contributed by atoms with Crippen LogP contribution in [0.1, 0.15) is 36.3 Å². The molecule has 0 saturated carbocycles. The van der Waals surface area contributed by atoms with Gasteiger partial charge >= 0.3 is 0 Å². The number of Topliss-reactive ketones (excluding diaryl/α,β-unsaturated/α-hetero) is 1. The van der Waals surface area contributed by atoms with Crippen LogP contribution in [0.3, 0.4) is 0 Å². The van der Waals surface area contributed by atoms with Crippen LogP contribution in [0.25, 0.3) is 0 Å². The smallest absolute Gasteiger partial charge is 0.257 e. The summed E-state index contributed by atoms with van der Waals surface area (Å²) in [5.74, 6) is 0.407. The van der Waals surface area contributed by atoms with Gasteiger partial charge in [0.2, 0.25) is 0 Å². The zero-order valence-corrected chi connectivity index (χ0v) is 14.1. The summed E-state index contributed by atoms with van der Waals surface area (Å²) in [7, 11) is 0. The maximum atomic E-state index is 12.7. The molecular formula is C16H15N3O2S2. The third kappa shape index (κ3) is 2.35. The summed E-state index contributed by atoms with van der Waals surface area (Å²) in [4.78, 5) is 32.5. The summed E-state index contributed by atoms with van der Waals surface area (Å²) >= 11 is 2.97. The highest BCUT2D eigenvalue weighted by Gasteiger charge is 2.37. The number of thioether (sulfide) groups is 1. The van der Waals surface area contributed by atoms with E-state index < -0.39 is 0 Å². The van der Waals surface area contributed by atoms with E-state index in [1.165, 1.54) is 11.8 Å². The number of hydrogen-bond donors (Lipinski definition) is 2. The molecule has 2 aliphatic rings. The monoisotopic (exact) mass is 345 g/mol. The van der Waals surface area contributed by atoms with Crippen LogP contribution in [0.4, 0.5) is 5.82 Å². The van der Waals surface area contributed by atoms with E-state index in [1.54, 1.807) is 11.3 Å². The Balaban J connectivity index is 1.98. The number of fused-ring (bicyclic) bond motifs is 1. The van der Waals surface area contributed by atoms with Gasteiger partial charge < -0.3 is 10.3 Å². The predicted octanol–water partition coefficient (Wildman–Crippen LogP) is 3.12. The van der Waals surface area contributed by atoms with Crippen molar-refractivity contribution >= 4 is 34.7 Å². The van der Waals surface area contributed by atoms with Crippen molar-refractivity contribution in [1.82, 2.24) is 9.97 Å². The number of carbonyl (C=O) groups is 1. The fourth-order valence-corrected chi connectivity index (χ4v) is 4.37. The van der Waals surface area contributed by atoms with Gasteiger partial charge in [0, 0.05) is 23.6 Å². The molecule has 0 aromatic carbocycles. The number of allylic oxidation sites excluding steroid dienone is 2. The Labute approximate surface area is 141 Å². The summed E-state index contributed by atoms with van der Waals surface area (Å²) in [6, 6.07) is 1.98. The fraction of sp³-hybridized carbons (Fsp3) is 0.312. The first-order chi connectivity index (χ1) is 11.2. The molecule has 2 aromatic heterocycles. The molecule has 7 heteroatoms. The number of H-pyrrole nitrogens is 1. The van der Waals surface area contributed by atoms with Gasteiger partial charge in [-0.15, -0.1) is 0 Å². The molecule has 4 rings (SSSR count). The van der Waals surface area contributed by atoms with Gasteiger partial charge in [0.15, 0.2) is 10.9 Å². The van der Waals surface area contributed by atoms with E-state index in [2.05, 4.69) is 15.3 Å². The molecular weight excluding hydrogens is 330 g/mol. The molecule has 0 saturated heterocycles. The van der Waals surface area contributed by atoms with Crippen molar-refractivity contribution in [2.45, 2.75) is 30.3 Å². The maximum Gasteiger partial charge on any atom is 0.257 e. The number of thiophene rings is 1. The molecule has 1 atom stereocenters. The summed E-state index contributed by atoms with van der Waals surface area (Å²) in [5.41, 5.74) is 3.04. The van der Waals surface area contributed by atoms with Crippen molar-refractivity contribution < 1.29 is 4.79 Å². The Kier molecular flexibility index (Phi) is 3.61. The lowest BCUT2D eigenvalue weighted by atomic mass is 9.77. The van der Waals surface area contributed by atoms with Crippen molar-refractivity contribution in [2.24, 2.45) is 0 Å². The standard InChI is InChI=1S/C16H15N3O2S2/c1-22-16-18-14-13(15(21)19-16)11(8-5-6-23-7-8)12-9(17-14)3-2-4-10(12)20/h5-7,11H,2-4H2,1H3,(H2,17,18,19,21). The van der Waals surface area contributed by atoms with Gasteiger partial charge in [0.05, 0.1) is 5.56 Å². The van der Waals surface area contributed by atoms with Gasteiger partial charge in [-0.25, -0.2) is 4.98 Å². The lowest BCUT2D eigenvalue weighted by Crippen LogP contribution is -2.32. The minimum absolute atomic E-state index is 0.133. The number of nitrogens with zero attached hydrogens (tertiary/aromatic N) is 1. The third-order valence-electron chi connectivity index (χ3n) is 4.31. The molecule has 0 bridgehead atoms. The molecule has 0 radical (unpaired) electrons. The fourth-order valence-electron chi connectivity index (χ4n) is 3.31. The predicted molar refractivity (Wildman–Crippen MR) is 92.3 cm³/mol. The topological polar surface area (TPSA) is 74.8 Å². The SMILES string of the molecule is CSc1nc2c(c(=O)[nH]1)C(c1ccsc1)C1=C(CCCC1=O)N2. The second kappa shape index (κ2) is 5.65. The molecule has 1 aliphatic carbocycles. The molecule has 0 amide bonds. The molecule has 5 nitrogen and oxygen atoms in total. The molecule has 2 aromatic rings. The Hall–Kier alpha value is -1.86. The number of ketones is 1. The molecule has 118 valence electrons. The number of rotatable bonds is 2. The van der Waals surface area contributed by atoms with E-state index in [9.17, 15) is 9.59 Å². The number of aromatic amines is 1. The Morgan fingerprint density at radius 3 is 2.96 bits per heavy atom. The highest BCUT2D eigenvalue weighted by Crippen LogP contribution is 2.43. The molecule has 1 unspecified atom stereocenters. The van der Waals surface area contributed by atoms with Crippen LogP contribution in [-0.2, 0) is 4.79 Å². The van der Waals surface area contributed by atoms with Crippen molar-refractivity contribution in [3.8, 4) is 0 Å². The average molecular weight is 345 g/mol. The lowest BCUT2D eigenvalue weighted by Gasteiger charge is -2.32. The van der Waals surface area contributed by atoms with Gasteiger partial charge in [0.1, 0.15) is 5.82 Å². The first-order valence-electron chi connectivity index (χ1n) is 7.42. The van der Waals surface area contributed by atoms with Crippen molar-refractivity contribution in [2.75, 3.05) is 11.6 Å². The van der Waals surface area contributed by atoms with E-state index >= 15 is 0 Å². The molecule has 1 aliphatic heterocycles. The molecule has 0 spiro atoms. The van der Waals surface area contributed by atoms with Crippen LogP contribution in [0.15, 0.2) is 38.0 Å². The number of aromatic nitrogens is 2. The first-order valence-corrected chi connectivity index (χ1v) is 9.59.